The average Bonchev–Trinajstić information content (AvgIpc) is 2.35. The Morgan fingerprint density at radius 1 is 1.41 bits per heavy atom. The van der Waals surface area contributed by atoms with Crippen LogP contribution in [0.5, 0.6) is 17.2 Å². The number of aliphatic hydroxyl groups is 1. The number of ether oxygens (including phenoxy) is 3. The Kier molecular flexibility index (Phi) is 3.68. The van der Waals surface area contributed by atoms with Gasteiger partial charge < -0.3 is 19.3 Å². The van der Waals surface area contributed by atoms with Gasteiger partial charge >= 0.3 is 0 Å². The second-order valence-electron chi connectivity index (χ2n) is 3.72. The zero-order valence-electron chi connectivity index (χ0n) is 9.66. The summed E-state index contributed by atoms with van der Waals surface area (Å²) in [4.78, 5) is 0. The molecule has 1 heterocycles. The van der Waals surface area contributed by atoms with Gasteiger partial charge in [-0.2, -0.15) is 0 Å². The van der Waals surface area contributed by atoms with Crippen LogP contribution in [0.15, 0.2) is 6.07 Å². The Hall–Kier alpha value is -1.49. The monoisotopic (exact) mass is 242 g/mol. The highest BCUT2D eigenvalue weighted by Gasteiger charge is 2.23. The van der Waals surface area contributed by atoms with Crippen molar-refractivity contribution in [1.29, 1.82) is 0 Å². The van der Waals surface area contributed by atoms with Crippen molar-refractivity contribution in [2.45, 2.75) is 12.8 Å². The first-order valence-electron chi connectivity index (χ1n) is 5.53. The Bertz CT molecular complexity index is 406. The van der Waals surface area contributed by atoms with Gasteiger partial charge in [-0.25, -0.2) is 4.39 Å². The number of aliphatic hydroxyl groups excluding tert-OH is 1. The van der Waals surface area contributed by atoms with Crippen molar-refractivity contribution in [2.75, 3.05) is 26.9 Å². The van der Waals surface area contributed by atoms with E-state index in [1.807, 2.05) is 0 Å². The van der Waals surface area contributed by atoms with E-state index in [0.29, 0.717) is 43.1 Å². The normalized spacial score (nSPS) is 13.6. The third kappa shape index (κ3) is 2.29. The molecule has 17 heavy (non-hydrogen) atoms. The summed E-state index contributed by atoms with van der Waals surface area (Å²) in [5.74, 6) is 0.637. The van der Waals surface area contributed by atoms with Crippen molar-refractivity contribution in [3.05, 3.63) is 17.4 Å². The molecule has 0 fully saturated rings. The maximum Gasteiger partial charge on any atom is 0.169 e. The van der Waals surface area contributed by atoms with E-state index < -0.39 is 5.82 Å². The molecule has 0 saturated heterocycles. The summed E-state index contributed by atoms with van der Waals surface area (Å²) < 4.78 is 29.6. The van der Waals surface area contributed by atoms with Gasteiger partial charge in [0.25, 0.3) is 0 Å². The van der Waals surface area contributed by atoms with E-state index in [1.165, 1.54) is 13.2 Å². The van der Waals surface area contributed by atoms with Crippen molar-refractivity contribution in [1.82, 2.24) is 0 Å². The van der Waals surface area contributed by atoms with Crippen molar-refractivity contribution >= 4 is 0 Å². The lowest BCUT2D eigenvalue weighted by Gasteiger charge is -2.23. The highest BCUT2D eigenvalue weighted by molar-refractivity contribution is 5.55. The molecule has 0 unspecified atom stereocenters. The van der Waals surface area contributed by atoms with E-state index in [1.54, 1.807) is 0 Å². The van der Waals surface area contributed by atoms with Crippen LogP contribution in [-0.4, -0.2) is 32.0 Å². The molecular weight excluding hydrogens is 227 g/mol. The third-order valence-electron chi connectivity index (χ3n) is 2.62. The molecule has 0 atom stereocenters. The summed E-state index contributed by atoms with van der Waals surface area (Å²) >= 11 is 0. The summed E-state index contributed by atoms with van der Waals surface area (Å²) in [6, 6.07) is 1.27. The molecule has 1 aromatic rings. The van der Waals surface area contributed by atoms with Gasteiger partial charge in [-0.1, -0.05) is 0 Å². The minimum Gasteiger partial charge on any atom is -0.493 e. The SMILES string of the molecule is COc1c(F)cc2c(c1CCCO)OCCO2. The fraction of sp³-hybridized carbons (Fsp3) is 0.500. The number of benzene rings is 1. The Labute approximate surface area is 98.9 Å². The van der Waals surface area contributed by atoms with Crippen LogP contribution < -0.4 is 14.2 Å². The highest BCUT2D eigenvalue weighted by Crippen LogP contribution is 2.41. The zero-order chi connectivity index (χ0) is 12.3. The summed E-state index contributed by atoms with van der Waals surface area (Å²) in [5, 5.41) is 8.86. The Balaban J connectivity index is 2.45. The minimum absolute atomic E-state index is 0.0370. The van der Waals surface area contributed by atoms with Crippen LogP contribution in [0.1, 0.15) is 12.0 Å². The van der Waals surface area contributed by atoms with Crippen LogP contribution in [0, 0.1) is 5.82 Å². The van der Waals surface area contributed by atoms with Crippen LogP contribution in [0.4, 0.5) is 4.39 Å². The van der Waals surface area contributed by atoms with E-state index in [0.717, 1.165) is 0 Å². The summed E-state index contributed by atoms with van der Waals surface area (Å²) in [5.41, 5.74) is 0.622. The lowest BCUT2D eigenvalue weighted by atomic mass is 10.1. The lowest BCUT2D eigenvalue weighted by molar-refractivity contribution is 0.167. The van der Waals surface area contributed by atoms with Gasteiger partial charge in [-0.05, 0) is 12.8 Å². The number of fused-ring (bicyclic) bond motifs is 1. The van der Waals surface area contributed by atoms with Crippen LogP contribution in [0.25, 0.3) is 0 Å². The topological polar surface area (TPSA) is 47.9 Å². The molecular formula is C12H15FO4. The van der Waals surface area contributed by atoms with Crippen molar-refractivity contribution in [2.24, 2.45) is 0 Å². The van der Waals surface area contributed by atoms with Gasteiger partial charge in [-0.15, -0.1) is 0 Å². The first-order chi connectivity index (χ1) is 8.27. The fourth-order valence-electron chi connectivity index (χ4n) is 1.91. The molecule has 1 aromatic carbocycles. The third-order valence-corrected chi connectivity index (χ3v) is 2.62. The van der Waals surface area contributed by atoms with E-state index in [9.17, 15) is 4.39 Å². The molecule has 1 aliphatic heterocycles. The van der Waals surface area contributed by atoms with Gasteiger partial charge in [0.1, 0.15) is 13.2 Å². The highest BCUT2D eigenvalue weighted by atomic mass is 19.1. The van der Waals surface area contributed by atoms with Gasteiger partial charge in [0.2, 0.25) is 0 Å². The van der Waals surface area contributed by atoms with Crippen molar-refractivity contribution < 1.29 is 23.7 Å². The van der Waals surface area contributed by atoms with Gasteiger partial charge in [-0.3, -0.25) is 0 Å². The number of halogens is 1. The standard InChI is InChI=1S/C12H15FO4/c1-15-11-8(3-2-4-14)12-10(7-9(11)13)16-5-6-17-12/h7,14H,2-6H2,1H3. The van der Waals surface area contributed by atoms with Crippen LogP contribution in [-0.2, 0) is 6.42 Å². The van der Waals surface area contributed by atoms with E-state index in [-0.39, 0.29) is 12.4 Å². The smallest absolute Gasteiger partial charge is 0.169 e. The van der Waals surface area contributed by atoms with E-state index >= 15 is 0 Å². The Morgan fingerprint density at radius 3 is 2.88 bits per heavy atom. The molecule has 0 bridgehead atoms. The van der Waals surface area contributed by atoms with Crippen molar-refractivity contribution in [3.8, 4) is 17.2 Å². The second kappa shape index (κ2) is 5.23. The largest absolute Gasteiger partial charge is 0.493 e. The predicted molar refractivity (Wildman–Crippen MR) is 59.3 cm³/mol. The molecule has 2 rings (SSSR count). The summed E-state index contributed by atoms with van der Waals surface area (Å²) in [6.45, 7) is 0.890. The average molecular weight is 242 g/mol. The molecule has 0 spiro atoms. The minimum atomic E-state index is -0.468. The van der Waals surface area contributed by atoms with E-state index in [4.69, 9.17) is 19.3 Å². The van der Waals surface area contributed by atoms with Gasteiger partial charge in [0, 0.05) is 18.2 Å². The molecule has 1 N–H and O–H groups in total. The first-order valence-corrected chi connectivity index (χ1v) is 5.53. The quantitative estimate of drug-likeness (QED) is 0.869. The Morgan fingerprint density at radius 2 is 2.18 bits per heavy atom. The molecule has 5 heteroatoms. The molecule has 4 nitrogen and oxygen atoms in total. The summed E-state index contributed by atoms with van der Waals surface area (Å²) in [7, 11) is 1.41. The number of methoxy groups -OCH3 is 1. The molecule has 1 aliphatic rings. The number of rotatable bonds is 4. The molecule has 0 aliphatic carbocycles. The fourth-order valence-corrected chi connectivity index (χ4v) is 1.91. The molecule has 0 aromatic heterocycles. The predicted octanol–water partition coefficient (Wildman–Crippen LogP) is 1.53. The number of hydrogen-bond donors (Lipinski definition) is 1. The van der Waals surface area contributed by atoms with Gasteiger partial charge in [0.05, 0.1) is 7.11 Å². The number of hydrogen-bond acceptors (Lipinski definition) is 4. The summed E-state index contributed by atoms with van der Waals surface area (Å²) in [6.07, 6.45) is 1.01. The van der Waals surface area contributed by atoms with Crippen LogP contribution in [0.2, 0.25) is 0 Å². The van der Waals surface area contributed by atoms with Crippen LogP contribution >= 0.6 is 0 Å². The molecule has 0 saturated carbocycles. The molecule has 94 valence electrons. The molecule has 0 radical (unpaired) electrons. The maximum absolute atomic E-state index is 13.7. The van der Waals surface area contributed by atoms with E-state index in [2.05, 4.69) is 0 Å². The maximum atomic E-state index is 13.7. The molecule has 0 amide bonds. The second-order valence-corrected chi connectivity index (χ2v) is 3.72. The first kappa shape index (κ1) is 12.0. The van der Waals surface area contributed by atoms with Gasteiger partial charge in [0.15, 0.2) is 23.1 Å². The van der Waals surface area contributed by atoms with Crippen molar-refractivity contribution in [3.63, 3.8) is 0 Å². The zero-order valence-corrected chi connectivity index (χ0v) is 9.66. The van der Waals surface area contributed by atoms with Crippen LogP contribution in [0.3, 0.4) is 0 Å². The lowest BCUT2D eigenvalue weighted by Crippen LogP contribution is -2.17.